The molecule has 4 aromatic rings. The number of thiophene rings is 1. The summed E-state index contributed by atoms with van der Waals surface area (Å²) in [6.07, 6.45) is 1.13. The van der Waals surface area contributed by atoms with Gasteiger partial charge in [-0.1, -0.05) is 24.3 Å². The number of sulfonamides is 1. The number of anilines is 1. The predicted molar refractivity (Wildman–Crippen MR) is 129 cm³/mol. The van der Waals surface area contributed by atoms with Crippen molar-refractivity contribution in [1.29, 1.82) is 0 Å². The van der Waals surface area contributed by atoms with Crippen molar-refractivity contribution in [3.63, 3.8) is 0 Å². The quantitative estimate of drug-likeness (QED) is 0.188. The summed E-state index contributed by atoms with van der Waals surface area (Å²) >= 11 is 1.27. The smallest absolute Gasteiger partial charge is 0.337 e. The lowest BCUT2D eigenvalue weighted by Crippen LogP contribution is -2.32. The largest absolute Gasteiger partial charge is 0.419 e. The van der Waals surface area contributed by atoms with Crippen molar-refractivity contribution in [2.75, 3.05) is 10.1 Å². The Morgan fingerprint density at radius 1 is 1.11 bits per heavy atom. The lowest BCUT2D eigenvalue weighted by Gasteiger charge is -2.24. The summed E-state index contributed by atoms with van der Waals surface area (Å²) in [6, 6.07) is 10.0. The van der Waals surface area contributed by atoms with Crippen molar-refractivity contribution in [3.05, 3.63) is 83.7 Å². The Bertz CT molecular complexity index is 1410. The van der Waals surface area contributed by atoms with Gasteiger partial charge in [0.15, 0.2) is 0 Å². The lowest BCUT2D eigenvalue weighted by atomic mass is 10.1. The summed E-state index contributed by atoms with van der Waals surface area (Å²) < 4.78 is 84.5. The zero-order valence-electron chi connectivity index (χ0n) is 18.8. The Morgan fingerprint density at radius 2 is 1.89 bits per heavy atom. The third kappa shape index (κ3) is 5.67. The Kier molecular flexibility index (Phi) is 7.18. The molecule has 0 amide bonds. The molecule has 11 heteroatoms. The highest BCUT2D eigenvalue weighted by Gasteiger charge is 2.35. The van der Waals surface area contributed by atoms with Crippen LogP contribution in [0.1, 0.15) is 29.5 Å². The third-order valence-corrected chi connectivity index (χ3v) is 8.87. The minimum absolute atomic E-state index is 0.0533. The minimum Gasteiger partial charge on any atom is -0.337 e. The zero-order valence-corrected chi connectivity index (χ0v) is 20.4. The minimum atomic E-state index is -4.88. The van der Waals surface area contributed by atoms with Gasteiger partial charge in [0.2, 0.25) is 10.0 Å². The highest BCUT2D eigenvalue weighted by Crippen LogP contribution is 2.40. The van der Waals surface area contributed by atoms with Crippen LogP contribution in [-0.4, -0.2) is 23.7 Å². The van der Waals surface area contributed by atoms with Crippen molar-refractivity contribution in [2.24, 2.45) is 0 Å². The normalized spacial score (nSPS) is 12.4. The van der Waals surface area contributed by atoms with E-state index in [2.05, 4.69) is 4.98 Å². The van der Waals surface area contributed by atoms with Crippen molar-refractivity contribution < 1.29 is 26.0 Å². The highest BCUT2D eigenvalue weighted by molar-refractivity contribution is 7.93. The van der Waals surface area contributed by atoms with Gasteiger partial charge in [0.05, 0.1) is 24.2 Å². The molecule has 0 atom stereocenters. The van der Waals surface area contributed by atoms with Crippen molar-refractivity contribution >= 4 is 36.4 Å². The van der Waals surface area contributed by atoms with E-state index in [9.17, 15) is 26.0 Å². The molecule has 0 aliphatic rings. The van der Waals surface area contributed by atoms with Gasteiger partial charge in [0, 0.05) is 23.6 Å². The summed E-state index contributed by atoms with van der Waals surface area (Å²) in [4.78, 5) is 3.96. The molecule has 2 aromatic carbocycles. The average molecular weight is 526 g/mol. The van der Waals surface area contributed by atoms with E-state index in [1.807, 2.05) is 28.8 Å². The van der Waals surface area contributed by atoms with Gasteiger partial charge >= 0.3 is 6.18 Å². The molecule has 2 aromatic heterocycles. The highest BCUT2D eigenvalue weighted by atomic mass is 32.2. The third-order valence-electron chi connectivity index (χ3n) is 5.67. The standard InChI is InChI=1S/C24H23F4N3O2S2/c1-17-19-6-2-3-7-22(19)34-23(17)31(15-18-8-9-21(25)20(14-18)24(26,27)28)35(32,33)13-5-4-11-30-12-10-29-16-30/h2-3,6-10,12,14,16H,4-5,11,13,15H2,1H3. The Morgan fingerprint density at radius 3 is 2.57 bits per heavy atom. The Hall–Kier alpha value is -2.92. The van der Waals surface area contributed by atoms with E-state index in [-0.39, 0.29) is 17.9 Å². The molecule has 0 N–H and O–H groups in total. The number of hydrogen-bond donors (Lipinski definition) is 0. The van der Waals surface area contributed by atoms with Crippen LogP contribution in [0.3, 0.4) is 0 Å². The van der Waals surface area contributed by atoms with E-state index in [4.69, 9.17) is 0 Å². The van der Waals surface area contributed by atoms with Crippen LogP contribution in [0.4, 0.5) is 22.6 Å². The number of aromatic nitrogens is 2. The molecule has 0 saturated heterocycles. The molecule has 0 bridgehead atoms. The molecule has 4 rings (SSSR count). The molecule has 0 unspecified atom stereocenters. The second kappa shape index (κ2) is 9.98. The zero-order chi connectivity index (χ0) is 25.2. The van der Waals surface area contributed by atoms with Crippen molar-refractivity contribution in [1.82, 2.24) is 9.55 Å². The van der Waals surface area contributed by atoms with Gasteiger partial charge in [-0.2, -0.15) is 13.2 Å². The maximum Gasteiger partial charge on any atom is 0.419 e. The lowest BCUT2D eigenvalue weighted by molar-refractivity contribution is -0.140. The number of fused-ring (bicyclic) bond motifs is 1. The molecule has 0 aliphatic carbocycles. The first-order valence-corrected chi connectivity index (χ1v) is 13.3. The first-order valence-electron chi connectivity index (χ1n) is 10.9. The first-order chi connectivity index (χ1) is 16.6. The number of halogens is 4. The SMILES string of the molecule is Cc1c(N(Cc2ccc(F)c(C(F)(F)F)c2)S(=O)(=O)CCCCn2ccnc2)sc2ccccc12. The fourth-order valence-corrected chi connectivity index (χ4v) is 6.95. The number of hydrogen-bond acceptors (Lipinski definition) is 4. The summed E-state index contributed by atoms with van der Waals surface area (Å²) in [5.41, 5.74) is -0.635. The van der Waals surface area contributed by atoms with Crippen molar-refractivity contribution in [3.8, 4) is 0 Å². The van der Waals surface area contributed by atoms with Gasteiger partial charge in [-0.15, -0.1) is 11.3 Å². The van der Waals surface area contributed by atoms with Gasteiger partial charge in [0.1, 0.15) is 10.8 Å². The molecule has 0 spiro atoms. The summed E-state index contributed by atoms with van der Waals surface area (Å²) in [5.74, 6) is -1.57. The number of imidazole rings is 1. The number of benzene rings is 2. The van der Waals surface area contributed by atoms with Gasteiger partial charge in [-0.25, -0.2) is 17.8 Å². The molecule has 5 nitrogen and oxygen atoms in total. The van der Waals surface area contributed by atoms with Crippen LogP contribution in [0.2, 0.25) is 0 Å². The van der Waals surface area contributed by atoms with Crippen molar-refractivity contribution in [2.45, 2.75) is 39.0 Å². The summed E-state index contributed by atoms with van der Waals surface area (Å²) in [7, 11) is -3.90. The molecule has 0 aliphatic heterocycles. The summed E-state index contributed by atoms with van der Waals surface area (Å²) in [5, 5.41) is 1.32. The van der Waals surface area contributed by atoms with E-state index in [1.54, 1.807) is 25.6 Å². The molecule has 0 radical (unpaired) electrons. The van der Waals surface area contributed by atoms with Gasteiger partial charge in [-0.05, 0) is 54.5 Å². The van der Waals surface area contributed by atoms with Crippen LogP contribution >= 0.6 is 11.3 Å². The van der Waals surface area contributed by atoms with E-state index >= 15 is 0 Å². The first kappa shape index (κ1) is 25.2. The van der Waals surface area contributed by atoms with E-state index in [0.717, 1.165) is 26.0 Å². The molecule has 2 heterocycles. The van der Waals surface area contributed by atoms with E-state index in [0.29, 0.717) is 30.5 Å². The van der Waals surface area contributed by atoms with E-state index < -0.39 is 27.6 Å². The fourth-order valence-electron chi connectivity index (χ4n) is 3.86. The summed E-state index contributed by atoms with van der Waals surface area (Å²) in [6.45, 7) is 2.06. The molecular weight excluding hydrogens is 502 g/mol. The molecule has 0 fully saturated rings. The van der Waals surface area contributed by atoms with E-state index in [1.165, 1.54) is 17.4 Å². The van der Waals surface area contributed by atoms with Gasteiger partial charge < -0.3 is 4.57 Å². The second-order valence-electron chi connectivity index (χ2n) is 8.17. The van der Waals surface area contributed by atoms with Crippen LogP contribution in [0, 0.1) is 12.7 Å². The van der Waals surface area contributed by atoms with Crippen LogP contribution in [0.25, 0.3) is 10.1 Å². The number of unbranched alkanes of at least 4 members (excludes halogenated alkanes) is 1. The Balaban J connectivity index is 1.66. The molecule has 186 valence electrons. The average Bonchev–Trinajstić information content (AvgIpc) is 3.43. The molecular formula is C24H23F4N3O2S2. The monoisotopic (exact) mass is 525 g/mol. The molecule has 0 saturated carbocycles. The van der Waals surface area contributed by atoms with Gasteiger partial charge in [0.25, 0.3) is 0 Å². The Labute approximate surface area is 204 Å². The number of aryl methyl sites for hydroxylation is 2. The van der Waals surface area contributed by atoms with Crippen LogP contribution in [-0.2, 0) is 29.3 Å². The van der Waals surface area contributed by atoms with Crippen LogP contribution in [0.15, 0.2) is 61.2 Å². The van der Waals surface area contributed by atoms with Crippen LogP contribution in [0.5, 0.6) is 0 Å². The fraction of sp³-hybridized carbons (Fsp3) is 0.292. The maximum atomic E-state index is 13.8. The number of rotatable bonds is 9. The van der Waals surface area contributed by atoms with Crippen LogP contribution < -0.4 is 4.31 Å². The number of nitrogens with zero attached hydrogens (tertiary/aromatic N) is 3. The topological polar surface area (TPSA) is 55.2 Å². The number of alkyl halides is 3. The van der Waals surface area contributed by atoms with Gasteiger partial charge in [-0.3, -0.25) is 4.31 Å². The molecule has 35 heavy (non-hydrogen) atoms. The predicted octanol–water partition coefficient (Wildman–Crippen LogP) is 6.38. The second-order valence-corrected chi connectivity index (χ2v) is 11.2. The maximum absolute atomic E-state index is 13.8.